The molecule has 5 nitrogen and oxygen atoms in total. The van der Waals surface area contributed by atoms with E-state index in [1.165, 1.54) is 19.3 Å². The summed E-state index contributed by atoms with van der Waals surface area (Å²) >= 11 is 0. The molecule has 0 aromatic carbocycles. The Labute approximate surface area is 115 Å². The number of nitrogens with one attached hydrogen (secondary N) is 2. The number of nitrogens with two attached hydrogens (primary N) is 1. The summed E-state index contributed by atoms with van der Waals surface area (Å²) in [7, 11) is 0. The first-order chi connectivity index (χ1) is 8.90. The molecular formula is C14H25N5. The van der Waals surface area contributed by atoms with E-state index in [9.17, 15) is 0 Å². The summed E-state index contributed by atoms with van der Waals surface area (Å²) < 4.78 is 0. The van der Waals surface area contributed by atoms with Crippen LogP contribution in [0.2, 0.25) is 0 Å². The standard InChI is InChI=1S/C14H25N5/c1-9-6-5-7-10(9)16-11-8-12(19-15)18-13(17-11)14(2,3)4/h8-10H,5-7,15H2,1-4H3,(H2,16,17,18,19). The predicted molar refractivity (Wildman–Crippen MR) is 79.0 cm³/mol. The SMILES string of the molecule is CC1CCCC1Nc1cc(NN)nc(C(C)(C)C)n1. The van der Waals surface area contributed by atoms with Crippen molar-refractivity contribution < 1.29 is 0 Å². The molecule has 0 amide bonds. The van der Waals surface area contributed by atoms with E-state index in [0.717, 1.165) is 11.6 Å². The van der Waals surface area contributed by atoms with E-state index < -0.39 is 0 Å². The quantitative estimate of drug-likeness (QED) is 0.577. The molecule has 5 heteroatoms. The zero-order valence-electron chi connectivity index (χ0n) is 12.3. The fourth-order valence-electron chi connectivity index (χ4n) is 2.48. The Morgan fingerprint density at radius 1 is 1.21 bits per heavy atom. The van der Waals surface area contributed by atoms with Crippen LogP contribution in [0, 0.1) is 5.92 Å². The third-order valence-corrected chi connectivity index (χ3v) is 3.74. The molecule has 1 aromatic heterocycles. The molecule has 1 fully saturated rings. The summed E-state index contributed by atoms with van der Waals surface area (Å²) in [6.45, 7) is 8.60. The number of aromatic nitrogens is 2. The fourth-order valence-corrected chi connectivity index (χ4v) is 2.48. The Bertz CT molecular complexity index is 438. The highest BCUT2D eigenvalue weighted by atomic mass is 15.3. The lowest BCUT2D eigenvalue weighted by Crippen LogP contribution is -2.25. The maximum absolute atomic E-state index is 5.50. The van der Waals surface area contributed by atoms with Gasteiger partial charge in [0, 0.05) is 17.5 Å². The molecule has 1 aromatic rings. The van der Waals surface area contributed by atoms with E-state index in [1.54, 1.807) is 0 Å². The van der Waals surface area contributed by atoms with Crippen molar-refractivity contribution in [3.63, 3.8) is 0 Å². The molecule has 19 heavy (non-hydrogen) atoms. The second-order valence-electron chi connectivity index (χ2n) is 6.52. The van der Waals surface area contributed by atoms with Gasteiger partial charge < -0.3 is 10.7 Å². The minimum absolute atomic E-state index is 0.0927. The Hall–Kier alpha value is -1.36. The van der Waals surface area contributed by atoms with Gasteiger partial charge in [-0.1, -0.05) is 34.1 Å². The van der Waals surface area contributed by atoms with Crippen molar-refractivity contribution in [1.29, 1.82) is 0 Å². The van der Waals surface area contributed by atoms with Gasteiger partial charge >= 0.3 is 0 Å². The van der Waals surface area contributed by atoms with Crippen LogP contribution in [0.5, 0.6) is 0 Å². The Kier molecular flexibility index (Phi) is 3.94. The Balaban J connectivity index is 2.24. The summed E-state index contributed by atoms with van der Waals surface area (Å²) in [4.78, 5) is 9.06. The Morgan fingerprint density at radius 3 is 2.42 bits per heavy atom. The average Bonchev–Trinajstić information content (AvgIpc) is 2.73. The lowest BCUT2D eigenvalue weighted by molar-refractivity contribution is 0.538. The van der Waals surface area contributed by atoms with Crippen LogP contribution >= 0.6 is 0 Å². The topological polar surface area (TPSA) is 75.9 Å². The number of hydrogen-bond donors (Lipinski definition) is 3. The van der Waals surface area contributed by atoms with Crippen LogP contribution < -0.4 is 16.6 Å². The molecule has 0 radical (unpaired) electrons. The smallest absolute Gasteiger partial charge is 0.145 e. The molecule has 1 aliphatic carbocycles. The van der Waals surface area contributed by atoms with Gasteiger partial charge in [-0.15, -0.1) is 0 Å². The van der Waals surface area contributed by atoms with Gasteiger partial charge in [0.1, 0.15) is 17.5 Å². The van der Waals surface area contributed by atoms with Gasteiger partial charge in [-0.25, -0.2) is 15.8 Å². The van der Waals surface area contributed by atoms with Crippen LogP contribution in [-0.2, 0) is 5.41 Å². The van der Waals surface area contributed by atoms with Gasteiger partial charge in [-0.3, -0.25) is 0 Å². The van der Waals surface area contributed by atoms with Crippen LogP contribution in [0.3, 0.4) is 0 Å². The number of anilines is 2. The highest BCUT2D eigenvalue weighted by Crippen LogP contribution is 2.29. The molecule has 1 saturated carbocycles. The van der Waals surface area contributed by atoms with Gasteiger partial charge in [0.2, 0.25) is 0 Å². The lowest BCUT2D eigenvalue weighted by atomic mass is 9.96. The summed E-state index contributed by atoms with van der Waals surface area (Å²) in [5.74, 6) is 8.52. The molecule has 0 spiro atoms. The van der Waals surface area contributed by atoms with E-state index in [-0.39, 0.29) is 5.41 Å². The monoisotopic (exact) mass is 263 g/mol. The average molecular weight is 263 g/mol. The molecule has 2 unspecified atom stereocenters. The summed E-state index contributed by atoms with van der Waals surface area (Å²) in [5.41, 5.74) is 2.53. The second-order valence-corrected chi connectivity index (χ2v) is 6.52. The van der Waals surface area contributed by atoms with Crippen LogP contribution in [0.1, 0.15) is 52.8 Å². The van der Waals surface area contributed by atoms with Crippen LogP contribution in [0.15, 0.2) is 6.07 Å². The molecule has 0 bridgehead atoms. The van der Waals surface area contributed by atoms with Crippen molar-refractivity contribution in [2.75, 3.05) is 10.7 Å². The highest BCUT2D eigenvalue weighted by molar-refractivity contribution is 5.48. The second kappa shape index (κ2) is 5.33. The summed E-state index contributed by atoms with van der Waals surface area (Å²) in [6.07, 6.45) is 3.79. The van der Waals surface area contributed by atoms with Crippen molar-refractivity contribution in [3.8, 4) is 0 Å². The zero-order valence-corrected chi connectivity index (χ0v) is 12.3. The first-order valence-corrected chi connectivity index (χ1v) is 7.03. The number of nitrogen functional groups attached to an aromatic ring is 1. The normalized spacial score (nSPS) is 23.4. The van der Waals surface area contributed by atoms with E-state index in [4.69, 9.17) is 5.84 Å². The molecular weight excluding hydrogens is 238 g/mol. The maximum atomic E-state index is 5.50. The van der Waals surface area contributed by atoms with Crippen LogP contribution in [-0.4, -0.2) is 16.0 Å². The predicted octanol–water partition coefficient (Wildman–Crippen LogP) is 2.66. The third kappa shape index (κ3) is 3.35. The van der Waals surface area contributed by atoms with Gasteiger partial charge in [-0.05, 0) is 18.8 Å². The van der Waals surface area contributed by atoms with Crippen molar-refractivity contribution in [1.82, 2.24) is 9.97 Å². The minimum Gasteiger partial charge on any atom is -0.367 e. The Morgan fingerprint density at radius 2 is 1.89 bits per heavy atom. The fraction of sp³-hybridized carbons (Fsp3) is 0.714. The van der Waals surface area contributed by atoms with Crippen molar-refractivity contribution >= 4 is 11.6 Å². The first-order valence-electron chi connectivity index (χ1n) is 7.03. The molecule has 0 aliphatic heterocycles. The highest BCUT2D eigenvalue weighted by Gasteiger charge is 2.25. The summed E-state index contributed by atoms with van der Waals surface area (Å²) in [5, 5.41) is 3.53. The molecule has 2 rings (SSSR count). The number of nitrogens with zero attached hydrogens (tertiary/aromatic N) is 2. The van der Waals surface area contributed by atoms with Gasteiger partial charge in [0.25, 0.3) is 0 Å². The van der Waals surface area contributed by atoms with Gasteiger partial charge in [0.15, 0.2) is 0 Å². The van der Waals surface area contributed by atoms with E-state index in [1.807, 2.05) is 6.07 Å². The van der Waals surface area contributed by atoms with Crippen molar-refractivity contribution in [3.05, 3.63) is 11.9 Å². The first kappa shape index (κ1) is 14.1. The van der Waals surface area contributed by atoms with Crippen molar-refractivity contribution in [2.45, 2.75) is 58.4 Å². The number of rotatable bonds is 3. The van der Waals surface area contributed by atoms with Crippen molar-refractivity contribution in [2.24, 2.45) is 11.8 Å². The molecule has 4 N–H and O–H groups in total. The number of hydrogen-bond acceptors (Lipinski definition) is 5. The zero-order chi connectivity index (χ0) is 14.0. The van der Waals surface area contributed by atoms with Crippen LogP contribution in [0.25, 0.3) is 0 Å². The number of hydrazine groups is 1. The van der Waals surface area contributed by atoms with E-state index in [2.05, 4.69) is 48.4 Å². The third-order valence-electron chi connectivity index (χ3n) is 3.74. The lowest BCUT2D eigenvalue weighted by Gasteiger charge is -2.22. The van der Waals surface area contributed by atoms with Gasteiger partial charge in [0.05, 0.1) is 0 Å². The molecule has 1 heterocycles. The molecule has 2 atom stereocenters. The maximum Gasteiger partial charge on any atom is 0.145 e. The van der Waals surface area contributed by atoms with E-state index in [0.29, 0.717) is 17.8 Å². The van der Waals surface area contributed by atoms with E-state index >= 15 is 0 Å². The largest absolute Gasteiger partial charge is 0.367 e. The molecule has 0 saturated heterocycles. The summed E-state index contributed by atoms with van der Waals surface area (Å²) in [6, 6.07) is 2.38. The van der Waals surface area contributed by atoms with Crippen LogP contribution in [0.4, 0.5) is 11.6 Å². The minimum atomic E-state index is -0.0927. The molecule has 1 aliphatic rings. The molecule has 106 valence electrons. The van der Waals surface area contributed by atoms with Gasteiger partial charge in [-0.2, -0.15) is 0 Å².